The van der Waals surface area contributed by atoms with Crippen LogP contribution < -0.4 is 30.1 Å². The number of aromatic nitrogens is 4. The fourth-order valence-electron chi connectivity index (χ4n) is 9.78. The third kappa shape index (κ3) is 19.6. The molecule has 95 heavy (non-hydrogen) atoms. The number of benzene rings is 6. The first-order chi connectivity index (χ1) is 44.2. The van der Waals surface area contributed by atoms with E-state index in [4.69, 9.17) is 67.4 Å². The zero-order valence-corrected chi connectivity index (χ0v) is 65.1. The van der Waals surface area contributed by atoms with E-state index in [1.165, 1.54) is 25.9 Å². The molecule has 0 unspecified atom stereocenters. The highest BCUT2D eigenvalue weighted by molar-refractivity contribution is 14.1. The number of H-pyrrole nitrogens is 1. The van der Waals surface area contributed by atoms with Gasteiger partial charge in [-0.25, -0.2) is 9.67 Å². The summed E-state index contributed by atoms with van der Waals surface area (Å²) in [6.07, 6.45) is 0. The number of methoxy groups -OCH3 is 4. The minimum atomic E-state index is -1.09. The fraction of sp³-hybridized carbons (Fsp3) is 0.457. The van der Waals surface area contributed by atoms with Gasteiger partial charge >= 0.3 is 21.1 Å². The number of nitro benzene ring substituents is 1. The molecule has 3 aliphatic heterocycles. The van der Waals surface area contributed by atoms with E-state index in [2.05, 4.69) is 129 Å². The van der Waals surface area contributed by atoms with Crippen molar-refractivity contribution in [3.05, 3.63) is 155 Å². The quantitative estimate of drug-likeness (QED) is 0.0274. The molecule has 3 aliphatic rings. The topological polar surface area (TPSA) is 217 Å². The molecule has 0 bridgehead atoms. The van der Waals surface area contributed by atoms with Gasteiger partial charge in [-0.05, 0) is 240 Å². The maximum Gasteiger partial charge on any atom is 0.495 e. The number of anilines is 1. The first kappa shape index (κ1) is 78.2. The lowest BCUT2D eigenvalue weighted by Crippen LogP contribution is -2.41. The van der Waals surface area contributed by atoms with Crippen LogP contribution in [0.15, 0.2) is 115 Å². The second-order valence-electron chi connectivity index (χ2n) is 27.6. The zero-order valence-electron chi connectivity index (χ0n) is 59.8. The number of nitrogens with one attached hydrogen (secondary N) is 1. The Hall–Kier alpha value is -5.75. The fourth-order valence-corrected chi connectivity index (χ4v) is 11.5. The van der Waals surface area contributed by atoms with Crippen LogP contribution >= 0.6 is 45.2 Å². The Kier molecular flexibility index (Phi) is 26.6. The van der Waals surface area contributed by atoms with Crippen molar-refractivity contribution in [3.63, 3.8) is 0 Å². The van der Waals surface area contributed by atoms with Crippen molar-refractivity contribution < 1.29 is 56.5 Å². The Labute approximate surface area is 592 Å². The summed E-state index contributed by atoms with van der Waals surface area (Å²) in [5.41, 5.74) is 13.2. The molecule has 2 aromatic heterocycles. The van der Waals surface area contributed by atoms with E-state index < -0.39 is 27.0 Å². The standard InChI is InChI=1S/C20H23IN4OSi.C14H21BO3.C12H24B2O4.C8H9IO.C8H9NO3.C8H11NO/c1-27(2,3)11-10-26-13-25-18-9-8-14(21)12-15(18)19(24-25)20-22-16-6-4-5-7-17(16)23-20;1-10-11(8-7-9-12(10)16-6)15-17-13(2,3)14(4,5)18-15;1-9(2)10(3,4)16-13(15-9)14-17-11(5,6)12(7,8)18-14;1-6-7(9)4-3-5-8(6)10-2;1-6-7(9(10)11)4-3-5-8(6)12-2;1-6-7(9)4-3-5-8(6)10-2/h4-9,12H,10-11,13H2,1-3H3,(H,22,23);7-9H,1-6H3;1-8H3;3-5H,1-2H3;3-5H,1-2H3;3-5H,9H2,1-2H3. The van der Waals surface area contributed by atoms with Crippen molar-refractivity contribution in [1.29, 1.82) is 0 Å². The highest BCUT2D eigenvalue weighted by Crippen LogP contribution is 2.43. The van der Waals surface area contributed by atoms with Crippen molar-refractivity contribution in [2.24, 2.45) is 0 Å². The van der Waals surface area contributed by atoms with E-state index in [9.17, 15) is 10.1 Å². The number of rotatable bonds is 13. The summed E-state index contributed by atoms with van der Waals surface area (Å²) in [5.74, 6) is 4.02. The van der Waals surface area contributed by atoms with Crippen molar-refractivity contribution in [1.82, 2.24) is 19.7 Å². The van der Waals surface area contributed by atoms with Crippen LogP contribution in [-0.2, 0) is 39.4 Å². The van der Waals surface area contributed by atoms with Crippen LogP contribution in [0.25, 0.3) is 33.5 Å². The van der Waals surface area contributed by atoms with Gasteiger partial charge in [0.15, 0.2) is 5.82 Å². The summed E-state index contributed by atoms with van der Waals surface area (Å²) in [4.78, 5) is 18.2. The Bertz CT molecular complexity index is 3730. The number of nitrogens with two attached hydrogens (primary N) is 1. The molecular formula is C70H97B3I2N6O13Si. The van der Waals surface area contributed by atoms with Crippen molar-refractivity contribution in [3.8, 4) is 34.5 Å². The largest absolute Gasteiger partial charge is 0.497 e. The van der Waals surface area contributed by atoms with Gasteiger partial charge in [-0.1, -0.05) is 62.1 Å². The third-order valence-electron chi connectivity index (χ3n) is 18.0. The van der Waals surface area contributed by atoms with E-state index in [1.54, 1.807) is 40.4 Å². The molecule has 0 spiro atoms. The third-order valence-corrected chi connectivity index (χ3v) is 21.6. The van der Waals surface area contributed by atoms with Gasteiger partial charge in [-0.15, -0.1) is 0 Å². The van der Waals surface area contributed by atoms with Crippen LogP contribution in [0, 0.1) is 44.9 Å². The molecule has 512 valence electrons. The number of nitrogens with zero attached hydrogens (tertiary/aromatic N) is 4. The molecule has 0 radical (unpaired) electrons. The second-order valence-corrected chi connectivity index (χ2v) is 35.6. The molecule has 11 rings (SSSR count). The lowest BCUT2D eigenvalue weighted by atomic mass is 9.49. The van der Waals surface area contributed by atoms with Crippen LogP contribution in [0.4, 0.5) is 11.4 Å². The maximum atomic E-state index is 10.4. The Morgan fingerprint density at radius 1 is 0.589 bits per heavy atom. The predicted molar refractivity (Wildman–Crippen MR) is 404 cm³/mol. The number of nitrogen functional groups attached to an aromatic ring is 1. The molecule has 8 aromatic rings. The van der Waals surface area contributed by atoms with E-state index >= 15 is 0 Å². The molecule has 0 atom stereocenters. The van der Waals surface area contributed by atoms with Gasteiger partial charge in [0.1, 0.15) is 35.4 Å². The van der Waals surface area contributed by atoms with Crippen LogP contribution in [0.2, 0.25) is 25.7 Å². The van der Waals surface area contributed by atoms with Gasteiger partial charge in [0.25, 0.3) is 5.69 Å². The summed E-state index contributed by atoms with van der Waals surface area (Å²) in [6, 6.07) is 37.9. The minimum Gasteiger partial charge on any atom is -0.497 e. The van der Waals surface area contributed by atoms with Crippen LogP contribution in [0.3, 0.4) is 0 Å². The summed E-state index contributed by atoms with van der Waals surface area (Å²) >= 11 is 4.63. The number of imidazole rings is 1. The minimum absolute atomic E-state index is 0.0920. The molecule has 3 fully saturated rings. The predicted octanol–water partition coefficient (Wildman–Crippen LogP) is 16.2. The molecule has 5 heterocycles. The van der Waals surface area contributed by atoms with E-state index in [1.807, 2.05) is 147 Å². The van der Waals surface area contributed by atoms with Gasteiger partial charge in [-0.2, -0.15) is 5.10 Å². The molecule has 0 amide bonds. The Morgan fingerprint density at radius 3 is 1.54 bits per heavy atom. The average Bonchev–Trinajstić information content (AvgIpc) is 1.28. The summed E-state index contributed by atoms with van der Waals surface area (Å²) < 4.78 is 66.7. The molecule has 3 saturated heterocycles. The first-order valence-corrected chi connectivity index (χ1v) is 37.5. The zero-order chi connectivity index (χ0) is 70.8. The van der Waals surface area contributed by atoms with Gasteiger partial charge in [0.05, 0.1) is 89.1 Å². The van der Waals surface area contributed by atoms with Crippen LogP contribution in [-0.4, -0.2) is 123 Å². The maximum absolute atomic E-state index is 10.4. The average molecular weight is 1540 g/mol. The number of hydrogen-bond acceptors (Lipinski definition) is 16. The molecule has 6 aromatic carbocycles. The highest BCUT2D eigenvalue weighted by atomic mass is 127. The van der Waals surface area contributed by atoms with Gasteiger partial charge in [0.2, 0.25) is 0 Å². The summed E-state index contributed by atoms with van der Waals surface area (Å²) in [7, 11) is 4.13. The number of nitro groups is 1. The lowest BCUT2D eigenvalue weighted by Gasteiger charge is -2.32. The summed E-state index contributed by atoms with van der Waals surface area (Å²) in [6.45, 7) is 40.5. The van der Waals surface area contributed by atoms with Crippen molar-refractivity contribution in [2.45, 2.75) is 177 Å². The monoisotopic (exact) mass is 1540 g/mol. The lowest BCUT2D eigenvalue weighted by molar-refractivity contribution is -0.385. The van der Waals surface area contributed by atoms with Crippen molar-refractivity contribution >= 4 is 113 Å². The molecular weight excluding hydrogens is 1450 g/mol. The Balaban J connectivity index is 0.000000188. The van der Waals surface area contributed by atoms with Gasteiger partial charge < -0.3 is 62.3 Å². The Morgan fingerprint density at radius 2 is 1.05 bits per heavy atom. The molecule has 0 saturated carbocycles. The first-order valence-electron chi connectivity index (χ1n) is 31.6. The number of ether oxygens (including phenoxy) is 5. The SMILES string of the molecule is CC1(C)OB(B2OC(C)(C)C(C)(C)O2)OC1(C)C.COc1cccc(B2OC(C)(C)C(C)(C)O2)c1C.COc1cccc(I)c1C.COc1cccc(N)c1C.COc1cccc([N+](=O)[O-])c1C.C[Si](C)(C)CCOCn1nc(-c2nc3ccccc3[nH]2)c2cc(I)ccc21. The second kappa shape index (κ2) is 32.3. The van der Waals surface area contributed by atoms with Gasteiger partial charge in [0, 0.05) is 50.1 Å². The molecule has 25 heteroatoms. The van der Waals surface area contributed by atoms with E-state index in [-0.39, 0.29) is 46.4 Å². The van der Waals surface area contributed by atoms with Crippen LogP contribution in [0.5, 0.6) is 23.0 Å². The van der Waals surface area contributed by atoms with Crippen molar-refractivity contribution in [2.75, 3.05) is 40.8 Å². The molecule has 19 nitrogen and oxygen atoms in total. The number of para-hydroxylation sites is 2. The number of aromatic amines is 1. The highest BCUT2D eigenvalue weighted by Gasteiger charge is 2.64. The van der Waals surface area contributed by atoms with Crippen LogP contribution in [0.1, 0.15) is 105 Å². The number of fused-ring (bicyclic) bond motifs is 2. The number of hydrogen-bond donors (Lipinski definition) is 2. The normalized spacial score (nSPS) is 16.7. The summed E-state index contributed by atoms with van der Waals surface area (Å²) in [5, 5.41) is 16.4. The molecule has 0 aliphatic carbocycles. The van der Waals surface area contributed by atoms with Gasteiger partial charge in [-0.3, -0.25) is 10.1 Å². The van der Waals surface area contributed by atoms with E-state index in [0.29, 0.717) is 18.0 Å². The number of halogens is 2. The molecule has 3 N–H and O–H groups in total. The smallest absolute Gasteiger partial charge is 0.495 e. The van der Waals surface area contributed by atoms with E-state index in [0.717, 1.165) is 85.6 Å².